The number of hydrogen-bond acceptors (Lipinski definition) is 4. The lowest BCUT2D eigenvalue weighted by molar-refractivity contribution is -0.134. The fourth-order valence-corrected chi connectivity index (χ4v) is 4.12. The molecule has 2 saturated heterocycles. The molecule has 1 unspecified atom stereocenters. The van der Waals surface area contributed by atoms with Gasteiger partial charge in [0.15, 0.2) is 5.13 Å². The van der Waals surface area contributed by atoms with Gasteiger partial charge < -0.3 is 9.80 Å². The molecule has 0 aliphatic carbocycles. The summed E-state index contributed by atoms with van der Waals surface area (Å²) >= 11 is 0.765. The molecule has 0 radical (unpaired) electrons. The smallest absolute Gasteiger partial charge is 0.348 e. The van der Waals surface area contributed by atoms with Crippen LogP contribution >= 0.6 is 11.3 Å². The van der Waals surface area contributed by atoms with E-state index in [-0.39, 0.29) is 0 Å². The summed E-state index contributed by atoms with van der Waals surface area (Å²) in [5, 5.41) is 0.518. The molecule has 0 amide bonds. The van der Waals surface area contributed by atoms with Crippen LogP contribution in [0.2, 0.25) is 0 Å². The van der Waals surface area contributed by atoms with Gasteiger partial charge in [-0.05, 0) is 45.2 Å². The van der Waals surface area contributed by atoms with Crippen molar-refractivity contribution in [3.05, 3.63) is 11.1 Å². The van der Waals surface area contributed by atoms with E-state index in [2.05, 4.69) is 9.88 Å². The lowest BCUT2D eigenvalue weighted by Crippen LogP contribution is -2.33. The van der Waals surface area contributed by atoms with E-state index in [0.717, 1.165) is 49.9 Å². The summed E-state index contributed by atoms with van der Waals surface area (Å²) in [4.78, 5) is 7.95. The summed E-state index contributed by atoms with van der Waals surface area (Å²) in [7, 11) is 0. The molecule has 1 aromatic heterocycles. The zero-order chi connectivity index (χ0) is 14.9. The van der Waals surface area contributed by atoms with Gasteiger partial charge in [-0.1, -0.05) is 11.3 Å². The Balaban J connectivity index is 1.63. The second-order valence-corrected chi connectivity index (χ2v) is 6.83. The Labute approximate surface area is 126 Å². The first kappa shape index (κ1) is 15.1. The van der Waals surface area contributed by atoms with Gasteiger partial charge in [-0.25, -0.2) is 4.98 Å². The molecule has 3 rings (SSSR count). The molecule has 0 saturated carbocycles. The van der Waals surface area contributed by atoms with E-state index >= 15 is 0 Å². The van der Waals surface area contributed by atoms with Crippen LogP contribution in [-0.2, 0) is 6.18 Å². The van der Waals surface area contributed by atoms with E-state index in [1.807, 2.05) is 4.90 Å². The molecule has 1 aromatic rings. The molecule has 0 bridgehead atoms. The molecule has 2 fully saturated rings. The van der Waals surface area contributed by atoms with E-state index in [4.69, 9.17) is 0 Å². The van der Waals surface area contributed by atoms with Gasteiger partial charge >= 0.3 is 6.18 Å². The fraction of sp³-hybridized carbons (Fsp3) is 0.786. The number of aromatic nitrogens is 1. The molecule has 2 aliphatic rings. The van der Waals surface area contributed by atoms with Gasteiger partial charge in [0.25, 0.3) is 0 Å². The SMILES string of the molecule is FC(F)(F)c1cnc(N2CCCC(N3CCCC3)CC2)s1. The van der Waals surface area contributed by atoms with Crippen molar-refractivity contribution in [1.29, 1.82) is 0 Å². The van der Waals surface area contributed by atoms with Crippen molar-refractivity contribution in [2.24, 2.45) is 0 Å². The number of likely N-dealkylation sites (tertiary alicyclic amines) is 1. The molecule has 3 nitrogen and oxygen atoms in total. The average molecular weight is 319 g/mol. The number of hydrogen-bond donors (Lipinski definition) is 0. The van der Waals surface area contributed by atoms with Crippen molar-refractivity contribution in [1.82, 2.24) is 9.88 Å². The van der Waals surface area contributed by atoms with E-state index in [1.165, 1.54) is 25.9 Å². The molecule has 118 valence electrons. The summed E-state index contributed by atoms with van der Waals surface area (Å²) in [6, 6.07) is 0.597. The minimum Gasteiger partial charge on any atom is -0.348 e. The normalized spacial score (nSPS) is 25.3. The highest BCUT2D eigenvalue weighted by Crippen LogP contribution is 2.37. The topological polar surface area (TPSA) is 19.4 Å². The van der Waals surface area contributed by atoms with Crippen LogP contribution in [0.1, 0.15) is 37.0 Å². The van der Waals surface area contributed by atoms with Crippen LogP contribution < -0.4 is 4.90 Å². The summed E-state index contributed by atoms with van der Waals surface area (Å²) in [6.45, 7) is 3.99. The van der Waals surface area contributed by atoms with Crippen LogP contribution in [0, 0.1) is 0 Å². The molecule has 7 heteroatoms. The lowest BCUT2D eigenvalue weighted by Gasteiger charge is -2.26. The van der Waals surface area contributed by atoms with Crippen molar-refractivity contribution < 1.29 is 13.2 Å². The molecule has 2 aliphatic heterocycles. The third kappa shape index (κ3) is 3.51. The van der Waals surface area contributed by atoms with Gasteiger partial charge in [-0.3, -0.25) is 0 Å². The summed E-state index contributed by atoms with van der Waals surface area (Å²) in [5.74, 6) is 0. The largest absolute Gasteiger partial charge is 0.427 e. The Morgan fingerprint density at radius 3 is 2.48 bits per heavy atom. The number of rotatable bonds is 2. The Bertz CT molecular complexity index is 468. The molecule has 0 aromatic carbocycles. The number of nitrogens with zero attached hydrogens (tertiary/aromatic N) is 3. The highest BCUT2D eigenvalue weighted by atomic mass is 32.1. The van der Waals surface area contributed by atoms with Crippen LogP contribution in [-0.4, -0.2) is 42.1 Å². The highest BCUT2D eigenvalue weighted by Gasteiger charge is 2.34. The lowest BCUT2D eigenvalue weighted by atomic mass is 10.1. The van der Waals surface area contributed by atoms with Crippen molar-refractivity contribution in [2.45, 2.75) is 44.3 Å². The van der Waals surface area contributed by atoms with E-state index in [1.54, 1.807) is 0 Å². The molecular weight excluding hydrogens is 299 g/mol. The maximum Gasteiger partial charge on any atom is 0.427 e. The third-order valence-electron chi connectivity index (χ3n) is 4.40. The Morgan fingerprint density at radius 2 is 1.81 bits per heavy atom. The maximum atomic E-state index is 12.7. The summed E-state index contributed by atoms with van der Waals surface area (Å²) in [5.41, 5.74) is 0. The number of alkyl halides is 3. The summed E-state index contributed by atoms with van der Waals surface area (Å²) in [6.07, 6.45) is 2.45. The van der Waals surface area contributed by atoms with E-state index in [9.17, 15) is 13.2 Å². The van der Waals surface area contributed by atoms with Gasteiger partial charge in [0, 0.05) is 19.1 Å². The molecule has 21 heavy (non-hydrogen) atoms. The number of thiazole rings is 1. The zero-order valence-corrected chi connectivity index (χ0v) is 12.7. The molecule has 0 N–H and O–H groups in total. The van der Waals surface area contributed by atoms with Gasteiger partial charge in [-0.2, -0.15) is 13.2 Å². The van der Waals surface area contributed by atoms with Crippen LogP contribution in [0.5, 0.6) is 0 Å². The fourth-order valence-electron chi connectivity index (χ4n) is 3.28. The monoisotopic (exact) mass is 319 g/mol. The highest BCUT2D eigenvalue weighted by molar-refractivity contribution is 7.15. The molecule has 1 atom stereocenters. The zero-order valence-electron chi connectivity index (χ0n) is 11.9. The van der Waals surface area contributed by atoms with E-state index < -0.39 is 11.1 Å². The Kier molecular flexibility index (Phi) is 4.40. The minimum absolute atomic E-state index is 0.518. The predicted octanol–water partition coefficient (Wildman–Crippen LogP) is 3.62. The standard InChI is InChI=1S/C14H20F3N3S/c15-14(16,17)12-10-18-13(21-12)20-8-3-4-11(5-9-20)19-6-1-2-7-19/h10-11H,1-9H2. The van der Waals surface area contributed by atoms with Crippen LogP contribution in [0.15, 0.2) is 6.20 Å². The summed E-state index contributed by atoms with van der Waals surface area (Å²) < 4.78 is 38.0. The first-order chi connectivity index (χ1) is 10.0. The van der Waals surface area contributed by atoms with Crippen molar-refractivity contribution >= 4 is 16.5 Å². The van der Waals surface area contributed by atoms with Gasteiger partial charge in [0.05, 0.1) is 6.20 Å². The first-order valence-corrected chi connectivity index (χ1v) is 8.38. The minimum atomic E-state index is -4.28. The molecule has 0 spiro atoms. The molecule has 3 heterocycles. The van der Waals surface area contributed by atoms with E-state index in [0.29, 0.717) is 11.2 Å². The van der Waals surface area contributed by atoms with Gasteiger partial charge in [0.2, 0.25) is 0 Å². The third-order valence-corrected chi connectivity index (χ3v) is 5.50. The van der Waals surface area contributed by atoms with Crippen molar-refractivity contribution in [3.8, 4) is 0 Å². The van der Waals surface area contributed by atoms with Crippen molar-refractivity contribution in [3.63, 3.8) is 0 Å². The maximum absolute atomic E-state index is 12.7. The van der Waals surface area contributed by atoms with Gasteiger partial charge in [-0.15, -0.1) is 0 Å². The van der Waals surface area contributed by atoms with Gasteiger partial charge in [0.1, 0.15) is 4.88 Å². The second-order valence-electron chi connectivity index (χ2n) is 5.82. The Morgan fingerprint density at radius 1 is 1.05 bits per heavy atom. The Hall–Kier alpha value is -0.820. The number of anilines is 1. The van der Waals surface area contributed by atoms with Crippen LogP contribution in [0.3, 0.4) is 0 Å². The molecular formula is C14H20F3N3S. The first-order valence-electron chi connectivity index (χ1n) is 7.56. The predicted molar refractivity (Wildman–Crippen MR) is 77.8 cm³/mol. The second kappa shape index (κ2) is 6.12. The quantitative estimate of drug-likeness (QED) is 0.830. The average Bonchev–Trinajstić information content (AvgIpc) is 3.06. The van der Waals surface area contributed by atoms with Crippen LogP contribution in [0.25, 0.3) is 0 Å². The number of halogens is 3. The van der Waals surface area contributed by atoms with Crippen molar-refractivity contribution in [2.75, 3.05) is 31.1 Å². The van der Waals surface area contributed by atoms with Crippen LogP contribution in [0.4, 0.5) is 18.3 Å².